The summed E-state index contributed by atoms with van der Waals surface area (Å²) in [5.41, 5.74) is 1.68. The SMILES string of the molecule is CCCCN(C)C(=O)c1ccc2c(c1)oc(=O)n2C. The number of unbranched alkanes of at least 4 members (excludes halogenated alkanes) is 1. The van der Waals surface area contributed by atoms with E-state index in [4.69, 9.17) is 4.42 Å². The molecule has 2 aromatic rings. The van der Waals surface area contributed by atoms with Gasteiger partial charge in [0.1, 0.15) is 0 Å². The molecule has 0 spiro atoms. The smallest absolute Gasteiger partial charge is 0.408 e. The highest BCUT2D eigenvalue weighted by Gasteiger charge is 2.14. The van der Waals surface area contributed by atoms with Crippen molar-refractivity contribution >= 4 is 17.0 Å². The Morgan fingerprint density at radius 1 is 1.42 bits per heavy atom. The summed E-state index contributed by atoms with van der Waals surface area (Å²) in [5.74, 6) is -0.471. The minimum Gasteiger partial charge on any atom is -0.408 e. The number of aryl methyl sites for hydroxylation is 1. The van der Waals surface area contributed by atoms with Gasteiger partial charge in [0.2, 0.25) is 0 Å². The van der Waals surface area contributed by atoms with Crippen molar-refractivity contribution in [1.82, 2.24) is 9.47 Å². The molecule has 102 valence electrons. The summed E-state index contributed by atoms with van der Waals surface area (Å²) in [4.78, 5) is 25.3. The maximum atomic E-state index is 12.2. The van der Waals surface area contributed by atoms with E-state index in [1.165, 1.54) is 4.57 Å². The van der Waals surface area contributed by atoms with Crippen LogP contribution < -0.4 is 5.76 Å². The van der Waals surface area contributed by atoms with Gasteiger partial charge in [0.05, 0.1) is 5.52 Å². The van der Waals surface area contributed by atoms with E-state index >= 15 is 0 Å². The summed E-state index contributed by atoms with van der Waals surface area (Å²) in [6.45, 7) is 2.81. The second-order valence-electron chi connectivity index (χ2n) is 4.69. The van der Waals surface area contributed by atoms with Crippen molar-refractivity contribution in [3.63, 3.8) is 0 Å². The van der Waals surface area contributed by atoms with Gasteiger partial charge in [-0.2, -0.15) is 0 Å². The molecule has 0 bridgehead atoms. The lowest BCUT2D eigenvalue weighted by Gasteiger charge is -2.16. The van der Waals surface area contributed by atoms with E-state index in [0.29, 0.717) is 16.7 Å². The molecule has 0 aliphatic heterocycles. The summed E-state index contributed by atoms with van der Waals surface area (Å²) in [6.07, 6.45) is 2.02. The highest BCUT2D eigenvalue weighted by molar-refractivity contribution is 5.96. The van der Waals surface area contributed by atoms with Crippen LogP contribution in [-0.4, -0.2) is 29.0 Å². The van der Waals surface area contributed by atoms with Crippen LogP contribution in [0.25, 0.3) is 11.1 Å². The number of oxazole rings is 1. The van der Waals surface area contributed by atoms with Gasteiger partial charge in [0, 0.05) is 26.2 Å². The van der Waals surface area contributed by atoms with Crippen LogP contribution in [0.3, 0.4) is 0 Å². The summed E-state index contributed by atoms with van der Waals surface area (Å²) in [7, 11) is 3.42. The summed E-state index contributed by atoms with van der Waals surface area (Å²) in [6, 6.07) is 5.09. The van der Waals surface area contributed by atoms with Gasteiger partial charge < -0.3 is 9.32 Å². The number of benzene rings is 1. The number of carbonyl (C=O) groups is 1. The average molecular weight is 262 g/mol. The predicted octanol–water partition coefficient (Wildman–Crippen LogP) is 2.00. The highest BCUT2D eigenvalue weighted by atomic mass is 16.4. The van der Waals surface area contributed by atoms with Crippen LogP contribution in [0.4, 0.5) is 0 Å². The number of carbonyl (C=O) groups excluding carboxylic acids is 1. The van der Waals surface area contributed by atoms with Gasteiger partial charge >= 0.3 is 5.76 Å². The van der Waals surface area contributed by atoms with E-state index in [-0.39, 0.29) is 5.91 Å². The molecule has 1 aromatic heterocycles. The second-order valence-corrected chi connectivity index (χ2v) is 4.69. The molecular formula is C14H18N2O3. The van der Waals surface area contributed by atoms with Crippen LogP contribution in [0.1, 0.15) is 30.1 Å². The number of hydrogen-bond donors (Lipinski definition) is 0. The fraction of sp³-hybridized carbons (Fsp3) is 0.429. The molecule has 0 radical (unpaired) electrons. The number of hydrogen-bond acceptors (Lipinski definition) is 3. The maximum Gasteiger partial charge on any atom is 0.419 e. The van der Waals surface area contributed by atoms with Crippen molar-refractivity contribution in [2.45, 2.75) is 19.8 Å². The van der Waals surface area contributed by atoms with Crippen molar-refractivity contribution in [2.24, 2.45) is 7.05 Å². The predicted molar refractivity (Wildman–Crippen MR) is 73.3 cm³/mol. The van der Waals surface area contributed by atoms with Crippen LogP contribution in [0.2, 0.25) is 0 Å². The third kappa shape index (κ3) is 2.54. The first-order valence-corrected chi connectivity index (χ1v) is 6.39. The Bertz CT molecular complexity index is 654. The molecule has 2 rings (SSSR count). The van der Waals surface area contributed by atoms with Gasteiger partial charge in [-0.25, -0.2) is 4.79 Å². The maximum absolute atomic E-state index is 12.2. The lowest BCUT2D eigenvalue weighted by Crippen LogP contribution is -2.27. The molecule has 0 aliphatic rings. The van der Waals surface area contributed by atoms with Gasteiger partial charge in [0.15, 0.2) is 5.58 Å². The lowest BCUT2D eigenvalue weighted by molar-refractivity contribution is 0.0793. The zero-order valence-electron chi connectivity index (χ0n) is 11.5. The number of aromatic nitrogens is 1. The van der Waals surface area contributed by atoms with Gasteiger partial charge in [-0.15, -0.1) is 0 Å². The van der Waals surface area contributed by atoms with Crippen LogP contribution in [0, 0.1) is 0 Å². The van der Waals surface area contributed by atoms with E-state index in [2.05, 4.69) is 6.92 Å². The zero-order valence-corrected chi connectivity index (χ0v) is 11.5. The number of rotatable bonds is 4. The number of fused-ring (bicyclic) bond motifs is 1. The van der Waals surface area contributed by atoms with Gasteiger partial charge in [-0.3, -0.25) is 9.36 Å². The van der Waals surface area contributed by atoms with Crippen LogP contribution in [0.15, 0.2) is 27.4 Å². The first kappa shape index (κ1) is 13.4. The third-order valence-electron chi connectivity index (χ3n) is 3.23. The fourth-order valence-electron chi connectivity index (χ4n) is 1.98. The molecule has 0 saturated carbocycles. The van der Waals surface area contributed by atoms with E-state index in [0.717, 1.165) is 19.4 Å². The van der Waals surface area contributed by atoms with Gasteiger partial charge in [0.25, 0.3) is 5.91 Å². The molecule has 19 heavy (non-hydrogen) atoms. The van der Waals surface area contributed by atoms with Crippen LogP contribution in [0.5, 0.6) is 0 Å². The first-order chi connectivity index (χ1) is 9.04. The van der Waals surface area contributed by atoms with Crippen molar-refractivity contribution in [1.29, 1.82) is 0 Å². The van der Waals surface area contributed by atoms with Crippen LogP contribution in [-0.2, 0) is 7.05 Å². The van der Waals surface area contributed by atoms with E-state index < -0.39 is 5.76 Å². The Morgan fingerprint density at radius 3 is 2.84 bits per heavy atom. The quantitative estimate of drug-likeness (QED) is 0.846. The Hall–Kier alpha value is -2.04. The molecule has 0 saturated heterocycles. The summed E-state index contributed by atoms with van der Waals surface area (Å²) < 4.78 is 6.51. The lowest BCUT2D eigenvalue weighted by atomic mass is 10.1. The van der Waals surface area contributed by atoms with Gasteiger partial charge in [-0.05, 0) is 24.6 Å². The van der Waals surface area contributed by atoms with Crippen molar-refractivity contribution < 1.29 is 9.21 Å². The molecule has 0 N–H and O–H groups in total. The Kier molecular flexibility index (Phi) is 3.74. The summed E-state index contributed by atoms with van der Waals surface area (Å²) in [5, 5.41) is 0. The Labute approximate surface area is 111 Å². The van der Waals surface area contributed by atoms with Crippen molar-refractivity contribution in [2.75, 3.05) is 13.6 Å². The zero-order chi connectivity index (χ0) is 14.0. The molecule has 0 fully saturated rings. The number of amides is 1. The minimum atomic E-state index is -0.418. The normalized spacial score (nSPS) is 10.9. The molecule has 0 atom stereocenters. The first-order valence-electron chi connectivity index (χ1n) is 6.39. The molecule has 5 heteroatoms. The van der Waals surface area contributed by atoms with E-state index in [9.17, 15) is 9.59 Å². The molecule has 1 aromatic carbocycles. The molecule has 1 amide bonds. The second kappa shape index (κ2) is 5.30. The molecule has 1 heterocycles. The Balaban J connectivity index is 2.30. The Morgan fingerprint density at radius 2 is 2.16 bits per heavy atom. The average Bonchev–Trinajstić information content (AvgIpc) is 2.70. The molecule has 5 nitrogen and oxygen atoms in total. The molecule has 0 aliphatic carbocycles. The largest absolute Gasteiger partial charge is 0.419 e. The van der Waals surface area contributed by atoms with Crippen molar-refractivity contribution in [3.05, 3.63) is 34.3 Å². The van der Waals surface area contributed by atoms with E-state index in [1.54, 1.807) is 37.2 Å². The van der Waals surface area contributed by atoms with Crippen LogP contribution >= 0.6 is 0 Å². The fourth-order valence-corrected chi connectivity index (χ4v) is 1.98. The van der Waals surface area contributed by atoms with E-state index in [1.807, 2.05) is 0 Å². The number of nitrogens with zero attached hydrogens (tertiary/aromatic N) is 2. The van der Waals surface area contributed by atoms with Crippen molar-refractivity contribution in [3.8, 4) is 0 Å². The van der Waals surface area contributed by atoms with Gasteiger partial charge in [-0.1, -0.05) is 13.3 Å². The highest BCUT2D eigenvalue weighted by Crippen LogP contribution is 2.15. The monoisotopic (exact) mass is 262 g/mol. The minimum absolute atomic E-state index is 0.0538. The summed E-state index contributed by atoms with van der Waals surface area (Å²) >= 11 is 0. The topological polar surface area (TPSA) is 55.5 Å². The molecular weight excluding hydrogens is 244 g/mol. The third-order valence-corrected chi connectivity index (χ3v) is 3.23. The molecule has 0 unspecified atom stereocenters. The standard InChI is InChI=1S/C14H18N2O3/c1-4-5-8-15(2)13(17)10-6-7-11-12(9-10)19-14(18)16(11)3/h6-7,9H,4-5,8H2,1-3H3.